The Labute approximate surface area is 95.2 Å². The first-order chi connectivity index (χ1) is 7.59. The van der Waals surface area contributed by atoms with Gasteiger partial charge >= 0.3 is 5.97 Å². The van der Waals surface area contributed by atoms with Gasteiger partial charge in [-0.1, -0.05) is 0 Å². The SMILES string of the molecule is CN(C)CCCOC(=O)c1ccc(N)cn1. The molecule has 1 aromatic rings. The van der Waals surface area contributed by atoms with Crippen molar-refractivity contribution in [3.63, 3.8) is 0 Å². The van der Waals surface area contributed by atoms with Crippen molar-refractivity contribution in [1.82, 2.24) is 9.88 Å². The number of nitrogens with two attached hydrogens (primary N) is 1. The quantitative estimate of drug-likeness (QED) is 0.590. The molecule has 0 aliphatic carbocycles. The minimum Gasteiger partial charge on any atom is -0.461 e. The Morgan fingerprint density at radius 1 is 1.50 bits per heavy atom. The van der Waals surface area contributed by atoms with E-state index in [-0.39, 0.29) is 0 Å². The number of hydrogen-bond donors (Lipinski definition) is 1. The number of pyridine rings is 1. The van der Waals surface area contributed by atoms with Crippen molar-refractivity contribution in [2.45, 2.75) is 6.42 Å². The summed E-state index contributed by atoms with van der Waals surface area (Å²) in [4.78, 5) is 17.4. The summed E-state index contributed by atoms with van der Waals surface area (Å²) in [5.41, 5.74) is 6.28. The maximum Gasteiger partial charge on any atom is 0.356 e. The molecule has 0 aliphatic rings. The third-order valence-electron chi connectivity index (χ3n) is 1.98. The fourth-order valence-electron chi connectivity index (χ4n) is 1.15. The second-order valence-electron chi connectivity index (χ2n) is 3.77. The lowest BCUT2D eigenvalue weighted by molar-refractivity contribution is 0.0486. The molecule has 5 heteroatoms. The van der Waals surface area contributed by atoms with Crippen molar-refractivity contribution >= 4 is 11.7 Å². The molecule has 0 saturated heterocycles. The van der Waals surface area contributed by atoms with Gasteiger partial charge in [-0.05, 0) is 32.6 Å². The predicted molar refractivity (Wildman–Crippen MR) is 62.1 cm³/mol. The first-order valence-corrected chi connectivity index (χ1v) is 5.13. The van der Waals surface area contributed by atoms with Crippen LogP contribution in [0.5, 0.6) is 0 Å². The van der Waals surface area contributed by atoms with Gasteiger partial charge in [-0.3, -0.25) is 0 Å². The lowest BCUT2D eigenvalue weighted by atomic mass is 10.3. The Hall–Kier alpha value is -1.62. The van der Waals surface area contributed by atoms with Gasteiger partial charge in [-0.15, -0.1) is 0 Å². The molecule has 16 heavy (non-hydrogen) atoms. The monoisotopic (exact) mass is 223 g/mol. The summed E-state index contributed by atoms with van der Waals surface area (Å²) < 4.78 is 5.05. The van der Waals surface area contributed by atoms with E-state index in [1.165, 1.54) is 6.20 Å². The van der Waals surface area contributed by atoms with E-state index in [0.29, 0.717) is 18.0 Å². The molecule has 0 amide bonds. The smallest absolute Gasteiger partial charge is 0.356 e. The highest BCUT2D eigenvalue weighted by Gasteiger charge is 2.07. The fourth-order valence-corrected chi connectivity index (χ4v) is 1.15. The number of nitrogens with zero attached hydrogens (tertiary/aromatic N) is 2. The van der Waals surface area contributed by atoms with Crippen LogP contribution in [0.3, 0.4) is 0 Å². The Balaban J connectivity index is 2.32. The number of esters is 1. The molecule has 0 unspecified atom stereocenters. The van der Waals surface area contributed by atoms with Gasteiger partial charge in [-0.25, -0.2) is 9.78 Å². The highest BCUT2D eigenvalue weighted by atomic mass is 16.5. The molecule has 0 bridgehead atoms. The van der Waals surface area contributed by atoms with Crippen LogP contribution >= 0.6 is 0 Å². The number of anilines is 1. The summed E-state index contributed by atoms with van der Waals surface area (Å²) in [5.74, 6) is -0.404. The summed E-state index contributed by atoms with van der Waals surface area (Å²) in [7, 11) is 3.95. The zero-order valence-corrected chi connectivity index (χ0v) is 9.64. The Kier molecular flexibility index (Phi) is 4.72. The van der Waals surface area contributed by atoms with Crippen LogP contribution in [0, 0.1) is 0 Å². The minimum atomic E-state index is -0.404. The molecule has 1 heterocycles. The molecule has 0 atom stereocenters. The second kappa shape index (κ2) is 6.07. The highest BCUT2D eigenvalue weighted by molar-refractivity contribution is 5.87. The average molecular weight is 223 g/mol. The van der Waals surface area contributed by atoms with E-state index in [4.69, 9.17) is 10.5 Å². The van der Waals surface area contributed by atoms with E-state index in [9.17, 15) is 4.79 Å². The van der Waals surface area contributed by atoms with Crippen LogP contribution in [0.15, 0.2) is 18.3 Å². The van der Waals surface area contributed by atoms with Gasteiger partial charge in [0, 0.05) is 6.54 Å². The van der Waals surface area contributed by atoms with Crippen LogP contribution in [-0.4, -0.2) is 43.1 Å². The number of nitrogen functional groups attached to an aromatic ring is 1. The van der Waals surface area contributed by atoms with E-state index in [1.807, 2.05) is 19.0 Å². The molecule has 0 spiro atoms. The number of ether oxygens (including phenoxy) is 1. The van der Waals surface area contributed by atoms with Gasteiger partial charge in [0.05, 0.1) is 18.5 Å². The molecule has 1 aromatic heterocycles. The van der Waals surface area contributed by atoms with Crippen LogP contribution in [-0.2, 0) is 4.74 Å². The molecule has 0 radical (unpaired) electrons. The Morgan fingerprint density at radius 2 is 2.25 bits per heavy atom. The molecule has 2 N–H and O–H groups in total. The average Bonchev–Trinajstić information content (AvgIpc) is 2.25. The van der Waals surface area contributed by atoms with Crippen molar-refractivity contribution in [3.05, 3.63) is 24.0 Å². The van der Waals surface area contributed by atoms with Crippen LogP contribution in [0.25, 0.3) is 0 Å². The van der Waals surface area contributed by atoms with E-state index < -0.39 is 5.97 Å². The number of carbonyl (C=O) groups is 1. The molecule has 0 fully saturated rings. The number of aromatic nitrogens is 1. The third kappa shape index (κ3) is 4.27. The molecule has 0 saturated carbocycles. The van der Waals surface area contributed by atoms with Crippen LogP contribution in [0.4, 0.5) is 5.69 Å². The first kappa shape index (κ1) is 12.4. The van der Waals surface area contributed by atoms with Crippen molar-refractivity contribution < 1.29 is 9.53 Å². The largest absolute Gasteiger partial charge is 0.461 e. The maximum absolute atomic E-state index is 11.5. The van der Waals surface area contributed by atoms with E-state index in [0.717, 1.165) is 13.0 Å². The number of hydrogen-bond acceptors (Lipinski definition) is 5. The van der Waals surface area contributed by atoms with Crippen molar-refractivity contribution in [2.75, 3.05) is 33.0 Å². The molecular formula is C11H17N3O2. The van der Waals surface area contributed by atoms with Crippen molar-refractivity contribution in [2.24, 2.45) is 0 Å². The van der Waals surface area contributed by atoms with Gasteiger partial charge in [0.1, 0.15) is 5.69 Å². The van der Waals surface area contributed by atoms with Crippen LogP contribution < -0.4 is 5.73 Å². The zero-order valence-electron chi connectivity index (χ0n) is 9.64. The standard InChI is InChI=1S/C11H17N3O2/c1-14(2)6-3-7-16-11(15)10-5-4-9(12)8-13-10/h4-5,8H,3,6-7,12H2,1-2H3. The summed E-state index contributed by atoms with van der Waals surface area (Å²) in [6, 6.07) is 3.19. The predicted octanol–water partition coefficient (Wildman–Crippen LogP) is 0.772. The molecule has 0 aliphatic heterocycles. The van der Waals surface area contributed by atoms with Gasteiger partial charge < -0.3 is 15.4 Å². The first-order valence-electron chi connectivity index (χ1n) is 5.13. The van der Waals surface area contributed by atoms with Gasteiger partial charge in [0.25, 0.3) is 0 Å². The molecule has 88 valence electrons. The molecule has 0 aromatic carbocycles. The lowest BCUT2D eigenvalue weighted by Gasteiger charge is -2.09. The van der Waals surface area contributed by atoms with E-state index >= 15 is 0 Å². The molecular weight excluding hydrogens is 206 g/mol. The normalized spacial score (nSPS) is 10.4. The highest BCUT2D eigenvalue weighted by Crippen LogP contribution is 2.02. The Bertz CT molecular complexity index is 336. The van der Waals surface area contributed by atoms with Crippen molar-refractivity contribution in [1.29, 1.82) is 0 Å². The van der Waals surface area contributed by atoms with Crippen molar-refractivity contribution in [3.8, 4) is 0 Å². The summed E-state index contributed by atoms with van der Waals surface area (Å²) >= 11 is 0. The van der Waals surface area contributed by atoms with E-state index in [1.54, 1.807) is 12.1 Å². The summed E-state index contributed by atoms with van der Waals surface area (Å²) in [6.07, 6.45) is 2.25. The maximum atomic E-state index is 11.5. The summed E-state index contributed by atoms with van der Waals surface area (Å²) in [5, 5.41) is 0. The van der Waals surface area contributed by atoms with Gasteiger partial charge in [0.15, 0.2) is 0 Å². The summed E-state index contributed by atoms with van der Waals surface area (Å²) in [6.45, 7) is 1.30. The number of rotatable bonds is 5. The van der Waals surface area contributed by atoms with Crippen LogP contribution in [0.1, 0.15) is 16.9 Å². The van der Waals surface area contributed by atoms with Crippen LogP contribution in [0.2, 0.25) is 0 Å². The van der Waals surface area contributed by atoms with Gasteiger partial charge in [-0.2, -0.15) is 0 Å². The zero-order chi connectivity index (χ0) is 12.0. The topological polar surface area (TPSA) is 68.5 Å². The minimum absolute atomic E-state index is 0.291. The van der Waals surface area contributed by atoms with Gasteiger partial charge in [0.2, 0.25) is 0 Å². The second-order valence-corrected chi connectivity index (χ2v) is 3.77. The Morgan fingerprint density at radius 3 is 2.81 bits per heavy atom. The van der Waals surface area contributed by atoms with E-state index in [2.05, 4.69) is 4.98 Å². The third-order valence-corrected chi connectivity index (χ3v) is 1.98. The molecule has 1 rings (SSSR count). The fraction of sp³-hybridized carbons (Fsp3) is 0.455. The number of carbonyl (C=O) groups excluding carboxylic acids is 1. The molecule has 5 nitrogen and oxygen atoms in total. The lowest BCUT2D eigenvalue weighted by Crippen LogP contribution is -2.16.